The fraction of sp³-hybridized carbons (Fsp3) is 0.593. The molecule has 8 nitrogen and oxygen atoms in total. The molecule has 5 rings (SSSR count). The van der Waals surface area contributed by atoms with Gasteiger partial charge < -0.3 is 9.64 Å². The average Bonchev–Trinajstić information content (AvgIpc) is 3.24. The van der Waals surface area contributed by atoms with Crippen molar-refractivity contribution in [1.29, 1.82) is 0 Å². The van der Waals surface area contributed by atoms with E-state index in [0.717, 1.165) is 31.0 Å². The van der Waals surface area contributed by atoms with Crippen molar-refractivity contribution in [2.75, 3.05) is 24.6 Å². The van der Waals surface area contributed by atoms with Crippen LogP contribution in [0.4, 0.5) is 23.4 Å². The van der Waals surface area contributed by atoms with Crippen LogP contribution in [0.3, 0.4) is 0 Å². The Morgan fingerprint density at radius 3 is 2.54 bits per heavy atom. The number of halogens is 4. The van der Waals surface area contributed by atoms with Crippen molar-refractivity contribution in [3.63, 3.8) is 0 Å². The van der Waals surface area contributed by atoms with Gasteiger partial charge >= 0.3 is 11.9 Å². The molecular formula is C27H34F4N6O2. The number of hydrogen-bond donors (Lipinski definition) is 0. The first-order valence-electron chi connectivity index (χ1n) is 13.3. The van der Waals surface area contributed by atoms with Crippen molar-refractivity contribution in [2.24, 2.45) is 7.05 Å². The van der Waals surface area contributed by atoms with Gasteiger partial charge in [0, 0.05) is 44.9 Å². The summed E-state index contributed by atoms with van der Waals surface area (Å²) < 4.78 is 64.3. The van der Waals surface area contributed by atoms with Gasteiger partial charge in [-0.15, -0.1) is 0 Å². The molecule has 4 heterocycles. The molecule has 0 aliphatic carbocycles. The Bertz CT molecular complexity index is 1430. The van der Waals surface area contributed by atoms with E-state index in [1.165, 1.54) is 10.6 Å². The number of piperazine rings is 1. The first-order chi connectivity index (χ1) is 18.4. The Kier molecular flexibility index (Phi) is 7.21. The van der Waals surface area contributed by atoms with Gasteiger partial charge in [0.2, 0.25) is 0 Å². The smallest absolute Gasteiger partial charge is 0.357 e. The molecule has 2 saturated heterocycles. The number of rotatable bonds is 4. The highest BCUT2D eigenvalue weighted by molar-refractivity contribution is 5.88. The van der Waals surface area contributed by atoms with E-state index < -0.39 is 29.3 Å². The van der Waals surface area contributed by atoms with Gasteiger partial charge in [-0.25, -0.2) is 13.9 Å². The molecule has 0 bridgehead atoms. The summed E-state index contributed by atoms with van der Waals surface area (Å²) in [5.74, 6) is -0.450. The average molecular weight is 551 g/mol. The van der Waals surface area contributed by atoms with Gasteiger partial charge in [0.1, 0.15) is 5.82 Å². The Morgan fingerprint density at radius 2 is 1.87 bits per heavy atom. The van der Waals surface area contributed by atoms with Crippen molar-refractivity contribution in [2.45, 2.75) is 77.5 Å². The first-order valence-corrected chi connectivity index (χ1v) is 13.3. The van der Waals surface area contributed by atoms with Crippen molar-refractivity contribution in [1.82, 2.24) is 24.2 Å². The highest BCUT2D eigenvalue weighted by Gasteiger charge is 2.39. The maximum atomic E-state index is 13.7. The SMILES string of the molecule is Cc1c2c(nn1C1CCCCO1)c(N1C[C@@H](C)N(C(C)c3ccc(F)cc3C(F)(F)F)C[C@@H]1C)nc(=O)n2C. The quantitative estimate of drug-likeness (QED) is 0.428. The lowest BCUT2D eigenvalue weighted by Crippen LogP contribution is -2.57. The van der Waals surface area contributed by atoms with Crippen molar-refractivity contribution >= 4 is 16.9 Å². The van der Waals surface area contributed by atoms with E-state index in [1.807, 2.05) is 35.3 Å². The number of aryl methyl sites for hydroxylation is 2. The van der Waals surface area contributed by atoms with Gasteiger partial charge in [0.05, 0.1) is 16.8 Å². The second-order valence-electron chi connectivity index (χ2n) is 10.8. The summed E-state index contributed by atoms with van der Waals surface area (Å²) in [5.41, 5.74) is 0.786. The number of ether oxygens (including phenoxy) is 1. The Labute approximate surface area is 224 Å². The van der Waals surface area contributed by atoms with E-state index >= 15 is 0 Å². The van der Waals surface area contributed by atoms with Crippen LogP contribution in [-0.2, 0) is 18.0 Å². The molecular weight excluding hydrogens is 516 g/mol. The predicted molar refractivity (Wildman–Crippen MR) is 139 cm³/mol. The minimum Gasteiger partial charge on any atom is -0.357 e. The van der Waals surface area contributed by atoms with Gasteiger partial charge in [0.25, 0.3) is 0 Å². The molecule has 212 valence electrons. The topological polar surface area (TPSA) is 68.4 Å². The molecule has 2 aromatic heterocycles. The van der Waals surface area contributed by atoms with E-state index in [9.17, 15) is 22.4 Å². The number of hydrogen-bond acceptors (Lipinski definition) is 6. The Hall–Kier alpha value is -2.99. The fourth-order valence-corrected chi connectivity index (χ4v) is 6.08. The fourth-order valence-electron chi connectivity index (χ4n) is 6.08. The van der Waals surface area contributed by atoms with E-state index in [1.54, 1.807) is 14.0 Å². The number of nitrogens with zero attached hydrogens (tertiary/aromatic N) is 6. The van der Waals surface area contributed by atoms with E-state index in [0.29, 0.717) is 42.6 Å². The second-order valence-corrected chi connectivity index (χ2v) is 10.8. The van der Waals surface area contributed by atoms with Crippen LogP contribution in [0.1, 0.15) is 69.1 Å². The second kappa shape index (κ2) is 10.2. The van der Waals surface area contributed by atoms with Gasteiger partial charge in [-0.1, -0.05) is 6.07 Å². The minimum absolute atomic E-state index is 0.0346. The molecule has 2 aliphatic rings. The summed E-state index contributed by atoms with van der Waals surface area (Å²) in [6.07, 6.45) is -2.01. The normalized spacial score (nSPS) is 23.9. The lowest BCUT2D eigenvalue weighted by Gasteiger charge is -2.47. The third-order valence-corrected chi connectivity index (χ3v) is 8.16. The molecule has 4 atom stereocenters. The van der Waals surface area contributed by atoms with Crippen molar-refractivity contribution in [3.05, 3.63) is 51.3 Å². The standard InChI is InChI=1S/C27H34F4N6O2/c1-15-14-36(16(2)13-35(15)17(3)20-10-9-19(28)12-21(20)27(29,30)31)25-23-24(34(5)26(38)32-25)18(4)37(33-23)22-8-6-7-11-39-22/h9-10,12,15-17,22H,6-8,11,13-14H2,1-5H3/t15-,16+,17?,22?/m1/s1. The molecule has 0 spiro atoms. The summed E-state index contributed by atoms with van der Waals surface area (Å²) in [7, 11) is 1.68. The lowest BCUT2D eigenvalue weighted by molar-refractivity contribution is -0.139. The van der Waals surface area contributed by atoms with Crippen LogP contribution < -0.4 is 10.6 Å². The predicted octanol–water partition coefficient (Wildman–Crippen LogP) is 4.96. The molecule has 3 aromatic rings. The Morgan fingerprint density at radius 1 is 1.13 bits per heavy atom. The van der Waals surface area contributed by atoms with Gasteiger partial charge in [-0.05, 0) is 64.7 Å². The summed E-state index contributed by atoms with van der Waals surface area (Å²) >= 11 is 0. The monoisotopic (exact) mass is 550 g/mol. The summed E-state index contributed by atoms with van der Waals surface area (Å²) in [4.78, 5) is 21.4. The largest absolute Gasteiger partial charge is 0.416 e. The van der Waals surface area contributed by atoms with Crippen LogP contribution in [0.15, 0.2) is 23.0 Å². The first kappa shape index (κ1) is 27.6. The molecule has 12 heteroatoms. The van der Waals surface area contributed by atoms with Crippen molar-refractivity contribution in [3.8, 4) is 0 Å². The third-order valence-electron chi connectivity index (χ3n) is 8.16. The number of aromatic nitrogens is 4. The molecule has 39 heavy (non-hydrogen) atoms. The molecule has 2 aliphatic heterocycles. The highest BCUT2D eigenvalue weighted by Crippen LogP contribution is 2.39. The van der Waals surface area contributed by atoms with E-state index in [2.05, 4.69) is 4.98 Å². The third kappa shape index (κ3) is 4.93. The number of alkyl halides is 3. The Balaban J connectivity index is 1.49. The molecule has 2 fully saturated rings. The number of anilines is 1. The van der Waals surface area contributed by atoms with E-state index in [-0.39, 0.29) is 23.9 Å². The van der Waals surface area contributed by atoms with Crippen LogP contribution >= 0.6 is 0 Å². The zero-order chi connectivity index (χ0) is 28.2. The molecule has 0 amide bonds. The number of benzene rings is 1. The lowest BCUT2D eigenvalue weighted by atomic mass is 9.96. The minimum atomic E-state index is -4.67. The maximum absolute atomic E-state index is 13.7. The van der Waals surface area contributed by atoms with Crippen LogP contribution in [0.5, 0.6) is 0 Å². The molecule has 1 aromatic carbocycles. The van der Waals surface area contributed by atoms with E-state index in [4.69, 9.17) is 9.84 Å². The van der Waals surface area contributed by atoms with Crippen LogP contribution in [0.25, 0.3) is 11.0 Å². The van der Waals surface area contributed by atoms with Crippen LogP contribution in [-0.4, -0.2) is 56.0 Å². The summed E-state index contributed by atoms with van der Waals surface area (Å²) in [6, 6.07) is 1.88. The van der Waals surface area contributed by atoms with Crippen LogP contribution in [0.2, 0.25) is 0 Å². The molecule has 0 radical (unpaired) electrons. The zero-order valence-electron chi connectivity index (χ0n) is 22.8. The molecule has 0 N–H and O–H groups in total. The van der Waals surface area contributed by atoms with Gasteiger partial charge in [-0.3, -0.25) is 9.47 Å². The van der Waals surface area contributed by atoms with Gasteiger partial charge in [0.15, 0.2) is 17.6 Å². The van der Waals surface area contributed by atoms with Crippen LogP contribution in [0, 0.1) is 12.7 Å². The maximum Gasteiger partial charge on any atom is 0.416 e. The molecule has 0 saturated carbocycles. The van der Waals surface area contributed by atoms with Gasteiger partial charge in [-0.2, -0.15) is 23.3 Å². The van der Waals surface area contributed by atoms with Crippen molar-refractivity contribution < 1.29 is 22.3 Å². The summed E-state index contributed by atoms with van der Waals surface area (Å²) in [6.45, 7) is 9.03. The highest BCUT2D eigenvalue weighted by atomic mass is 19.4. The number of fused-ring (bicyclic) bond motifs is 1. The zero-order valence-corrected chi connectivity index (χ0v) is 22.8. The summed E-state index contributed by atoms with van der Waals surface area (Å²) in [5, 5.41) is 4.87. The molecule has 2 unspecified atom stereocenters.